The van der Waals surface area contributed by atoms with Crippen molar-refractivity contribution >= 4 is 23.4 Å². The molecule has 3 amide bonds. The third-order valence-electron chi connectivity index (χ3n) is 3.58. The van der Waals surface area contributed by atoms with Gasteiger partial charge in [-0.1, -0.05) is 0 Å². The van der Waals surface area contributed by atoms with Gasteiger partial charge in [-0.3, -0.25) is 19.3 Å². The molecule has 2 aliphatic rings. The first kappa shape index (κ1) is 12.7. The summed E-state index contributed by atoms with van der Waals surface area (Å²) < 4.78 is 0. The standard InChI is InChI=1S/C14H15N3O3/c15-9-3-4-10-11(5-9)14(20)17(13(10)19)7-12(18)16-6-8-1-2-8/h3-5,8H,1-2,6-7,15H2,(H,16,18). The number of nitrogens with zero attached hydrogens (tertiary/aromatic N) is 1. The molecule has 1 fully saturated rings. The lowest BCUT2D eigenvalue weighted by Crippen LogP contribution is -2.40. The molecule has 20 heavy (non-hydrogen) atoms. The van der Waals surface area contributed by atoms with E-state index < -0.39 is 11.8 Å². The van der Waals surface area contributed by atoms with Crippen LogP contribution in [-0.4, -0.2) is 35.7 Å². The van der Waals surface area contributed by atoms with Crippen molar-refractivity contribution in [2.75, 3.05) is 18.8 Å². The number of hydrogen-bond acceptors (Lipinski definition) is 4. The van der Waals surface area contributed by atoms with Gasteiger partial charge in [-0.2, -0.15) is 0 Å². The molecular weight excluding hydrogens is 258 g/mol. The Morgan fingerprint density at radius 1 is 1.25 bits per heavy atom. The number of benzene rings is 1. The van der Waals surface area contributed by atoms with Crippen molar-refractivity contribution in [3.8, 4) is 0 Å². The number of imide groups is 1. The number of hydrogen-bond donors (Lipinski definition) is 2. The van der Waals surface area contributed by atoms with Crippen LogP contribution in [0.1, 0.15) is 33.6 Å². The Labute approximate surface area is 115 Å². The summed E-state index contributed by atoms with van der Waals surface area (Å²) in [7, 11) is 0. The second-order valence-electron chi connectivity index (χ2n) is 5.25. The van der Waals surface area contributed by atoms with E-state index >= 15 is 0 Å². The zero-order chi connectivity index (χ0) is 14.3. The molecule has 3 rings (SSSR count). The van der Waals surface area contributed by atoms with Crippen LogP contribution in [-0.2, 0) is 4.79 Å². The van der Waals surface area contributed by atoms with E-state index in [9.17, 15) is 14.4 Å². The molecule has 104 valence electrons. The molecule has 1 heterocycles. The normalized spacial score (nSPS) is 17.3. The van der Waals surface area contributed by atoms with E-state index in [0.29, 0.717) is 23.7 Å². The molecule has 3 N–H and O–H groups in total. The minimum Gasteiger partial charge on any atom is -0.399 e. The topological polar surface area (TPSA) is 92.5 Å². The predicted octanol–water partition coefficient (Wildman–Crippen LogP) is 0.391. The van der Waals surface area contributed by atoms with Gasteiger partial charge in [0.15, 0.2) is 0 Å². The van der Waals surface area contributed by atoms with Gasteiger partial charge in [0.05, 0.1) is 11.1 Å². The fourth-order valence-electron chi connectivity index (χ4n) is 2.23. The van der Waals surface area contributed by atoms with Crippen molar-refractivity contribution in [3.05, 3.63) is 29.3 Å². The summed E-state index contributed by atoms with van der Waals surface area (Å²) >= 11 is 0. The molecule has 0 unspecified atom stereocenters. The summed E-state index contributed by atoms with van der Waals surface area (Å²) in [6.07, 6.45) is 2.26. The van der Waals surface area contributed by atoms with Gasteiger partial charge in [0.1, 0.15) is 6.54 Å². The maximum atomic E-state index is 12.1. The summed E-state index contributed by atoms with van der Waals surface area (Å²) in [5.74, 6) is -0.647. The predicted molar refractivity (Wildman–Crippen MR) is 72.0 cm³/mol. The van der Waals surface area contributed by atoms with Crippen LogP contribution in [0, 0.1) is 5.92 Å². The number of rotatable bonds is 4. The SMILES string of the molecule is Nc1ccc2c(c1)C(=O)N(CC(=O)NCC1CC1)C2=O. The van der Waals surface area contributed by atoms with Crippen LogP contribution in [0.2, 0.25) is 0 Å². The molecule has 0 spiro atoms. The minimum atomic E-state index is -0.459. The average molecular weight is 273 g/mol. The van der Waals surface area contributed by atoms with Crippen molar-refractivity contribution in [3.63, 3.8) is 0 Å². The fourth-order valence-corrected chi connectivity index (χ4v) is 2.23. The second kappa shape index (κ2) is 4.63. The van der Waals surface area contributed by atoms with E-state index in [1.165, 1.54) is 12.1 Å². The summed E-state index contributed by atoms with van der Waals surface area (Å²) in [6, 6.07) is 4.56. The highest BCUT2D eigenvalue weighted by atomic mass is 16.2. The zero-order valence-electron chi connectivity index (χ0n) is 10.9. The van der Waals surface area contributed by atoms with Gasteiger partial charge in [-0.05, 0) is 37.0 Å². The lowest BCUT2D eigenvalue weighted by Gasteiger charge is -2.13. The van der Waals surface area contributed by atoms with Gasteiger partial charge in [0, 0.05) is 12.2 Å². The Morgan fingerprint density at radius 2 is 1.95 bits per heavy atom. The molecule has 1 aromatic carbocycles. The highest BCUT2D eigenvalue weighted by Gasteiger charge is 2.36. The van der Waals surface area contributed by atoms with Crippen LogP contribution in [0.25, 0.3) is 0 Å². The number of carbonyl (C=O) groups is 3. The molecule has 0 saturated heterocycles. The summed E-state index contributed by atoms with van der Waals surface area (Å²) in [5.41, 5.74) is 6.61. The van der Waals surface area contributed by atoms with E-state index in [2.05, 4.69) is 5.32 Å². The number of carbonyl (C=O) groups excluding carboxylic acids is 3. The molecule has 6 heteroatoms. The van der Waals surface area contributed by atoms with E-state index in [4.69, 9.17) is 5.73 Å². The first-order chi connectivity index (χ1) is 9.56. The highest BCUT2D eigenvalue weighted by Crippen LogP contribution is 2.27. The van der Waals surface area contributed by atoms with Crippen molar-refractivity contribution in [1.82, 2.24) is 10.2 Å². The van der Waals surface area contributed by atoms with Gasteiger partial charge in [0.25, 0.3) is 11.8 Å². The fraction of sp³-hybridized carbons (Fsp3) is 0.357. The largest absolute Gasteiger partial charge is 0.399 e. The monoisotopic (exact) mass is 273 g/mol. The van der Waals surface area contributed by atoms with E-state index in [-0.39, 0.29) is 18.0 Å². The number of nitrogen functional groups attached to an aromatic ring is 1. The quantitative estimate of drug-likeness (QED) is 0.613. The van der Waals surface area contributed by atoms with Crippen LogP contribution in [0.4, 0.5) is 5.69 Å². The van der Waals surface area contributed by atoms with Crippen molar-refractivity contribution < 1.29 is 14.4 Å². The molecule has 1 aromatic rings. The third kappa shape index (κ3) is 2.24. The van der Waals surface area contributed by atoms with Gasteiger partial charge in [-0.15, -0.1) is 0 Å². The van der Waals surface area contributed by atoms with E-state index in [1.807, 2.05) is 0 Å². The summed E-state index contributed by atoms with van der Waals surface area (Å²) in [4.78, 5) is 36.9. The Hall–Kier alpha value is -2.37. The van der Waals surface area contributed by atoms with E-state index in [0.717, 1.165) is 17.7 Å². The lowest BCUT2D eigenvalue weighted by molar-refractivity contribution is -0.121. The molecule has 1 saturated carbocycles. The lowest BCUT2D eigenvalue weighted by atomic mass is 10.1. The molecule has 0 radical (unpaired) electrons. The zero-order valence-corrected chi connectivity index (χ0v) is 10.9. The van der Waals surface area contributed by atoms with Gasteiger partial charge < -0.3 is 11.1 Å². The maximum Gasteiger partial charge on any atom is 0.262 e. The Bertz CT molecular complexity index is 608. The van der Waals surface area contributed by atoms with Crippen LogP contribution >= 0.6 is 0 Å². The molecular formula is C14H15N3O3. The molecule has 0 atom stereocenters. The molecule has 0 bridgehead atoms. The minimum absolute atomic E-state index is 0.237. The number of anilines is 1. The first-order valence-electron chi connectivity index (χ1n) is 6.58. The summed E-state index contributed by atoms with van der Waals surface area (Å²) in [6.45, 7) is 0.383. The highest BCUT2D eigenvalue weighted by molar-refractivity contribution is 6.22. The first-order valence-corrected chi connectivity index (χ1v) is 6.58. The van der Waals surface area contributed by atoms with Gasteiger partial charge in [0.2, 0.25) is 5.91 Å². The molecule has 1 aliphatic carbocycles. The Kier molecular flexibility index (Phi) is 2.93. The number of amides is 3. The smallest absolute Gasteiger partial charge is 0.262 e. The van der Waals surface area contributed by atoms with Crippen molar-refractivity contribution in [2.24, 2.45) is 5.92 Å². The van der Waals surface area contributed by atoms with Gasteiger partial charge >= 0.3 is 0 Å². The Balaban J connectivity index is 1.70. The second-order valence-corrected chi connectivity index (χ2v) is 5.25. The number of fused-ring (bicyclic) bond motifs is 1. The summed E-state index contributed by atoms with van der Waals surface area (Å²) in [5, 5.41) is 2.74. The van der Waals surface area contributed by atoms with Crippen LogP contribution in [0.15, 0.2) is 18.2 Å². The molecule has 6 nitrogen and oxygen atoms in total. The Morgan fingerprint density at radius 3 is 2.65 bits per heavy atom. The molecule has 0 aromatic heterocycles. The number of nitrogens with one attached hydrogen (secondary N) is 1. The van der Waals surface area contributed by atoms with Crippen LogP contribution < -0.4 is 11.1 Å². The number of nitrogens with two attached hydrogens (primary N) is 1. The van der Waals surface area contributed by atoms with Crippen molar-refractivity contribution in [1.29, 1.82) is 0 Å². The third-order valence-corrected chi connectivity index (χ3v) is 3.58. The van der Waals surface area contributed by atoms with Gasteiger partial charge in [-0.25, -0.2) is 0 Å². The molecule has 1 aliphatic heterocycles. The van der Waals surface area contributed by atoms with Crippen LogP contribution in [0.5, 0.6) is 0 Å². The van der Waals surface area contributed by atoms with Crippen LogP contribution in [0.3, 0.4) is 0 Å². The van der Waals surface area contributed by atoms with E-state index in [1.54, 1.807) is 6.07 Å². The van der Waals surface area contributed by atoms with Crippen molar-refractivity contribution in [2.45, 2.75) is 12.8 Å². The average Bonchev–Trinajstić information content (AvgIpc) is 3.21. The maximum absolute atomic E-state index is 12.1.